The number of halogens is 1. The van der Waals surface area contributed by atoms with Crippen LogP contribution in [0.1, 0.15) is 5.56 Å². The van der Waals surface area contributed by atoms with E-state index < -0.39 is 0 Å². The molecule has 1 rings (SSSR count). The first-order valence-electron chi connectivity index (χ1n) is 4.64. The topological polar surface area (TPSA) is 12.5 Å². The van der Waals surface area contributed by atoms with Crippen LogP contribution in [-0.2, 0) is 0 Å². The van der Waals surface area contributed by atoms with Gasteiger partial charge in [-0.05, 0) is 33.2 Å². The highest BCUT2D eigenvalue weighted by Gasteiger charge is 2.02. The van der Waals surface area contributed by atoms with Crippen molar-refractivity contribution in [3.63, 3.8) is 0 Å². The zero-order valence-corrected chi connectivity index (χ0v) is 9.64. The molecule has 0 saturated carbocycles. The molecule has 0 bridgehead atoms. The Labute approximate surface area is 90.4 Å². The first-order valence-corrected chi connectivity index (χ1v) is 5.01. The lowest BCUT2D eigenvalue weighted by Gasteiger charge is -2.12. The highest BCUT2D eigenvalue weighted by molar-refractivity contribution is 6.31. The van der Waals surface area contributed by atoms with Crippen molar-refractivity contribution >= 4 is 11.6 Å². The number of likely N-dealkylation sites (N-methyl/N-ethyl adjacent to an activating group) is 1. The Hall–Kier alpha value is -0.730. The van der Waals surface area contributed by atoms with Crippen molar-refractivity contribution in [3.8, 4) is 5.75 Å². The summed E-state index contributed by atoms with van der Waals surface area (Å²) in [5, 5.41) is 0.757. The van der Waals surface area contributed by atoms with Crippen molar-refractivity contribution < 1.29 is 4.74 Å². The predicted octanol–water partition coefficient (Wildman–Crippen LogP) is 2.59. The number of hydrogen-bond donors (Lipinski definition) is 0. The Morgan fingerprint density at radius 2 is 2.07 bits per heavy atom. The summed E-state index contributed by atoms with van der Waals surface area (Å²) < 4.78 is 5.60. The SMILES string of the molecule is Cc1c(Cl)cccc1OCCN(C)C. The van der Waals surface area contributed by atoms with Crippen molar-refractivity contribution in [2.75, 3.05) is 27.2 Å². The van der Waals surface area contributed by atoms with E-state index in [1.165, 1.54) is 0 Å². The number of benzene rings is 1. The molecule has 0 spiro atoms. The Morgan fingerprint density at radius 3 is 2.71 bits per heavy atom. The van der Waals surface area contributed by atoms with Gasteiger partial charge in [0.15, 0.2) is 0 Å². The maximum atomic E-state index is 5.96. The fraction of sp³-hybridized carbons (Fsp3) is 0.455. The molecule has 1 aromatic rings. The van der Waals surface area contributed by atoms with Gasteiger partial charge in [-0.3, -0.25) is 0 Å². The van der Waals surface area contributed by atoms with Crippen LogP contribution >= 0.6 is 11.6 Å². The normalized spacial score (nSPS) is 10.6. The van der Waals surface area contributed by atoms with Crippen LogP contribution in [0.4, 0.5) is 0 Å². The molecular formula is C11H16ClNO. The molecule has 0 aliphatic carbocycles. The van der Waals surface area contributed by atoms with Crippen LogP contribution in [0.5, 0.6) is 5.75 Å². The summed E-state index contributed by atoms with van der Waals surface area (Å²) in [7, 11) is 4.04. The third kappa shape index (κ3) is 3.20. The summed E-state index contributed by atoms with van der Waals surface area (Å²) in [5.74, 6) is 0.874. The first kappa shape index (κ1) is 11.3. The predicted molar refractivity (Wildman–Crippen MR) is 60.2 cm³/mol. The van der Waals surface area contributed by atoms with E-state index in [4.69, 9.17) is 16.3 Å². The molecule has 0 unspecified atom stereocenters. The second kappa shape index (κ2) is 5.23. The molecule has 0 aromatic heterocycles. The summed E-state index contributed by atoms with van der Waals surface area (Å²) in [6, 6.07) is 5.72. The van der Waals surface area contributed by atoms with Gasteiger partial charge in [0.2, 0.25) is 0 Å². The van der Waals surface area contributed by atoms with Gasteiger partial charge < -0.3 is 9.64 Å². The van der Waals surface area contributed by atoms with E-state index in [-0.39, 0.29) is 0 Å². The van der Waals surface area contributed by atoms with Crippen LogP contribution in [-0.4, -0.2) is 32.1 Å². The number of nitrogens with zero attached hydrogens (tertiary/aromatic N) is 1. The fourth-order valence-corrected chi connectivity index (χ4v) is 1.25. The Morgan fingerprint density at radius 1 is 1.36 bits per heavy atom. The first-order chi connectivity index (χ1) is 6.61. The Kier molecular flexibility index (Phi) is 4.23. The van der Waals surface area contributed by atoms with E-state index in [0.717, 1.165) is 22.9 Å². The second-order valence-corrected chi connectivity index (χ2v) is 3.92. The van der Waals surface area contributed by atoms with E-state index in [1.54, 1.807) is 0 Å². The minimum Gasteiger partial charge on any atom is -0.492 e. The second-order valence-electron chi connectivity index (χ2n) is 3.51. The molecule has 0 atom stereocenters. The van der Waals surface area contributed by atoms with Gasteiger partial charge in [0, 0.05) is 17.1 Å². The van der Waals surface area contributed by atoms with E-state index in [1.807, 2.05) is 39.2 Å². The number of rotatable bonds is 4. The smallest absolute Gasteiger partial charge is 0.123 e. The van der Waals surface area contributed by atoms with E-state index in [9.17, 15) is 0 Å². The number of ether oxygens (including phenoxy) is 1. The van der Waals surface area contributed by atoms with Crippen molar-refractivity contribution in [1.29, 1.82) is 0 Å². The minimum absolute atomic E-state index is 0.689. The minimum atomic E-state index is 0.689. The average molecular weight is 214 g/mol. The monoisotopic (exact) mass is 213 g/mol. The Balaban J connectivity index is 2.54. The summed E-state index contributed by atoms with van der Waals surface area (Å²) in [6.07, 6.45) is 0. The van der Waals surface area contributed by atoms with Crippen LogP contribution in [0.15, 0.2) is 18.2 Å². The number of hydrogen-bond acceptors (Lipinski definition) is 2. The van der Waals surface area contributed by atoms with Gasteiger partial charge in [-0.2, -0.15) is 0 Å². The maximum Gasteiger partial charge on any atom is 0.123 e. The molecule has 78 valence electrons. The Bertz CT molecular complexity index is 299. The van der Waals surface area contributed by atoms with E-state index in [2.05, 4.69) is 4.90 Å². The molecule has 0 heterocycles. The van der Waals surface area contributed by atoms with Crippen LogP contribution in [0.2, 0.25) is 5.02 Å². The molecule has 0 aliphatic heterocycles. The third-order valence-corrected chi connectivity index (χ3v) is 2.42. The van der Waals surface area contributed by atoms with E-state index in [0.29, 0.717) is 6.61 Å². The molecular weight excluding hydrogens is 198 g/mol. The molecule has 1 aromatic carbocycles. The molecule has 3 heteroatoms. The quantitative estimate of drug-likeness (QED) is 0.763. The standard InChI is InChI=1S/C11H16ClNO/c1-9-10(12)5-4-6-11(9)14-8-7-13(2)3/h4-6H,7-8H2,1-3H3. The summed E-state index contributed by atoms with van der Waals surface area (Å²) in [4.78, 5) is 2.08. The molecule has 2 nitrogen and oxygen atoms in total. The van der Waals surface area contributed by atoms with Gasteiger partial charge in [0.1, 0.15) is 12.4 Å². The zero-order valence-electron chi connectivity index (χ0n) is 8.88. The molecule has 0 N–H and O–H groups in total. The van der Waals surface area contributed by atoms with Crippen molar-refractivity contribution in [1.82, 2.24) is 4.90 Å². The van der Waals surface area contributed by atoms with Crippen molar-refractivity contribution in [2.24, 2.45) is 0 Å². The molecule has 0 fully saturated rings. The van der Waals surface area contributed by atoms with Crippen LogP contribution < -0.4 is 4.74 Å². The lowest BCUT2D eigenvalue weighted by atomic mass is 10.2. The average Bonchev–Trinajstić information content (AvgIpc) is 2.12. The summed E-state index contributed by atoms with van der Waals surface area (Å²) in [6.45, 7) is 3.56. The van der Waals surface area contributed by atoms with Crippen molar-refractivity contribution in [3.05, 3.63) is 28.8 Å². The lowest BCUT2D eigenvalue weighted by molar-refractivity contribution is 0.260. The molecule has 14 heavy (non-hydrogen) atoms. The van der Waals surface area contributed by atoms with Crippen LogP contribution in [0.25, 0.3) is 0 Å². The molecule has 0 aliphatic rings. The highest BCUT2D eigenvalue weighted by atomic mass is 35.5. The van der Waals surface area contributed by atoms with Crippen LogP contribution in [0.3, 0.4) is 0 Å². The largest absolute Gasteiger partial charge is 0.492 e. The maximum absolute atomic E-state index is 5.96. The van der Waals surface area contributed by atoms with Gasteiger partial charge >= 0.3 is 0 Å². The van der Waals surface area contributed by atoms with Crippen LogP contribution in [0, 0.1) is 6.92 Å². The van der Waals surface area contributed by atoms with Gasteiger partial charge in [-0.25, -0.2) is 0 Å². The summed E-state index contributed by atoms with van der Waals surface area (Å²) >= 11 is 5.96. The molecule has 0 saturated heterocycles. The lowest BCUT2D eigenvalue weighted by Crippen LogP contribution is -2.19. The fourth-order valence-electron chi connectivity index (χ4n) is 1.08. The highest BCUT2D eigenvalue weighted by Crippen LogP contribution is 2.24. The molecule has 0 amide bonds. The van der Waals surface area contributed by atoms with Crippen molar-refractivity contribution in [2.45, 2.75) is 6.92 Å². The molecule has 0 radical (unpaired) electrons. The van der Waals surface area contributed by atoms with Gasteiger partial charge in [-0.15, -0.1) is 0 Å². The van der Waals surface area contributed by atoms with Gasteiger partial charge in [-0.1, -0.05) is 17.7 Å². The van der Waals surface area contributed by atoms with E-state index >= 15 is 0 Å². The summed E-state index contributed by atoms with van der Waals surface area (Å²) in [5.41, 5.74) is 1.01. The van der Waals surface area contributed by atoms with Gasteiger partial charge in [0.05, 0.1) is 0 Å². The zero-order chi connectivity index (χ0) is 10.6. The third-order valence-electron chi connectivity index (χ3n) is 2.01. The van der Waals surface area contributed by atoms with Gasteiger partial charge in [0.25, 0.3) is 0 Å².